The van der Waals surface area contributed by atoms with Gasteiger partial charge in [0.05, 0.1) is 11.9 Å². The fourth-order valence-electron chi connectivity index (χ4n) is 2.78. The van der Waals surface area contributed by atoms with E-state index in [1.807, 2.05) is 0 Å². The molecular formula is C16H17F3N4O. The Labute approximate surface area is 136 Å². The predicted molar refractivity (Wildman–Crippen MR) is 82.8 cm³/mol. The van der Waals surface area contributed by atoms with Crippen LogP contribution in [0.2, 0.25) is 0 Å². The Hall–Kier alpha value is -2.35. The summed E-state index contributed by atoms with van der Waals surface area (Å²) in [6.07, 6.45) is -0.937. The van der Waals surface area contributed by atoms with Gasteiger partial charge in [0.1, 0.15) is 5.69 Å². The summed E-state index contributed by atoms with van der Waals surface area (Å²) in [5.41, 5.74) is -0.0168. The zero-order chi connectivity index (χ0) is 17.2. The highest BCUT2D eigenvalue weighted by Crippen LogP contribution is 2.30. The van der Waals surface area contributed by atoms with Crippen molar-refractivity contribution in [3.05, 3.63) is 42.2 Å². The van der Waals surface area contributed by atoms with Gasteiger partial charge in [-0.3, -0.25) is 4.79 Å². The molecule has 0 spiro atoms. The molecule has 128 valence electrons. The van der Waals surface area contributed by atoms with Crippen molar-refractivity contribution in [3.8, 4) is 5.69 Å². The molecule has 2 N–H and O–H groups in total. The number of hydrogen-bond acceptors (Lipinski definition) is 3. The smallest absolute Gasteiger partial charge is 0.326 e. The summed E-state index contributed by atoms with van der Waals surface area (Å²) < 4.78 is 39.5. The van der Waals surface area contributed by atoms with Gasteiger partial charge in [0.2, 0.25) is 5.91 Å². The summed E-state index contributed by atoms with van der Waals surface area (Å²) in [5.74, 6) is -0.114. The van der Waals surface area contributed by atoms with Crippen molar-refractivity contribution < 1.29 is 18.0 Å². The highest BCUT2D eigenvalue weighted by Gasteiger charge is 2.35. The summed E-state index contributed by atoms with van der Waals surface area (Å²) in [6.45, 7) is 0.929. The summed E-state index contributed by atoms with van der Waals surface area (Å²) in [6, 6.07) is 7.23. The third-order valence-corrected chi connectivity index (χ3v) is 3.92. The first kappa shape index (κ1) is 16.5. The molecule has 24 heavy (non-hydrogen) atoms. The van der Waals surface area contributed by atoms with Gasteiger partial charge < -0.3 is 10.6 Å². The molecule has 1 fully saturated rings. The number of hydrogen-bond donors (Lipinski definition) is 2. The molecule has 3 rings (SSSR count). The van der Waals surface area contributed by atoms with Gasteiger partial charge in [-0.05, 0) is 49.7 Å². The Bertz CT molecular complexity index is 703. The SMILES string of the molecule is O=C(CC1CCCN1)Nc1ccc(-n2nccc2C(F)(F)F)cc1. The van der Waals surface area contributed by atoms with E-state index in [1.165, 1.54) is 12.1 Å². The van der Waals surface area contributed by atoms with Crippen LogP contribution in [0.4, 0.5) is 18.9 Å². The van der Waals surface area contributed by atoms with Crippen molar-refractivity contribution >= 4 is 11.6 Å². The van der Waals surface area contributed by atoms with Crippen LogP contribution in [0.15, 0.2) is 36.5 Å². The van der Waals surface area contributed by atoms with E-state index in [2.05, 4.69) is 15.7 Å². The first-order valence-electron chi connectivity index (χ1n) is 7.68. The second kappa shape index (κ2) is 6.64. The second-order valence-corrected chi connectivity index (χ2v) is 5.72. The minimum Gasteiger partial charge on any atom is -0.326 e. The van der Waals surface area contributed by atoms with E-state index in [0.717, 1.165) is 36.3 Å². The van der Waals surface area contributed by atoms with E-state index in [9.17, 15) is 18.0 Å². The lowest BCUT2D eigenvalue weighted by atomic mass is 10.1. The molecule has 0 aliphatic carbocycles. The highest BCUT2D eigenvalue weighted by molar-refractivity contribution is 5.91. The Morgan fingerprint density at radius 1 is 1.29 bits per heavy atom. The number of halogens is 3. The van der Waals surface area contributed by atoms with Crippen LogP contribution in [0.25, 0.3) is 5.69 Å². The topological polar surface area (TPSA) is 59.0 Å². The Morgan fingerprint density at radius 2 is 2.04 bits per heavy atom. The number of carbonyl (C=O) groups is 1. The fourth-order valence-corrected chi connectivity index (χ4v) is 2.78. The van der Waals surface area contributed by atoms with E-state index in [-0.39, 0.29) is 17.6 Å². The third-order valence-electron chi connectivity index (χ3n) is 3.92. The van der Waals surface area contributed by atoms with Crippen LogP contribution < -0.4 is 10.6 Å². The maximum absolute atomic E-state index is 12.9. The maximum Gasteiger partial charge on any atom is 0.433 e. The number of rotatable bonds is 4. The molecule has 1 unspecified atom stereocenters. The van der Waals surface area contributed by atoms with Gasteiger partial charge in [-0.15, -0.1) is 0 Å². The Balaban J connectivity index is 1.67. The minimum absolute atomic E-state index is 0.114. The zero-order valence-electron chi connectivity index (χ0n) is 12.8. The van der Waals surface area contributed by atoms with Crippen molar-refractivity contribution in [1.82, 2.24) is 15.1 Å². The number of aromatic nitrogens is 2. The first-order chi connectivity index (χ1) is 11.4. The summed E-state index contributed by atoms with van der Waals surface area (Å²) in [4.78, 5) is 12.0. The molecular weight excluding hydrogens is 321 g/mol. The van der Waals surface area contributed by atoms with Gasteiger partial charge in [0, 0.05) is 18.2 Å². The number of anilines is 1. The van der Waals surface area contributed by atoms with E-state index >= 15 is 0 Å². The zero-order valence-corrected chi connectivity index (χ0v) is 12.8. The van der Waals surface area contributed by atoms with Gasteiger partial charge >= 0.3 is 6.18 Å². The van der Waals surface area contributed by atoms with Gasteiger partial charge in [0.15, 0.2) is 0 Å². The first-order valence-corrected chi connectivity index (χ1v) is 7.68. The number of carbonyl (C=O) groups excluding carboxylic acids is 1. The standard InChI is InChI=1S/C16H17F3N4O/c17-16(18,19)14-7-9-21-23(14)13-5-3-11(4-6-13)22-15(24)10-12-2-1-8-20-12/h3-7,9,12,20H,1-2,8,10H2,(H,22,24). The largest absolute Gasteiger partial charge is 0.433 e. The number of nitrogens with zero attached hydrogens (tertiary/aromatic N) is 2. The molecule has 0 saturated carbocycles. The Kier molecular flexibility index (Phi) is 4.57. The quantitative estimate of drug-likeness (QED) is 0.901. The maximum atomic E-state index is 12.9. The normalized spacial score (nSPS) is 17.9. The monoisotopic (exact) mass is 338 g/mol. The van der Waals surface area contributed by atoms with Gasteiger partial charge in [-0.1, -0.05) is 0 Å². The van der Waals surface area contributed by atoms with E-state index in [1.54, 1.807) is 12.1 Å². The number of benzene rings is 1. The van der Waals surface area contributed by atoms with E-state index in [4.69, 9.17) is 0 Å². The molecule has 8 heteroatoms. The summed E-state index contributed by atoms with van der Waals surface area (Å²) in [7, 11) is 0. The lowest BCUT2D eigenvalue weighted by Crippen LogP contribution is -2.27. The van der Waals surface area contributed by atoms with Crippen LogP contribution in [-0.4, -0.2) is 28.3 Å². The summed E-state index contributed by atoms with van der Waals surface area (Å²) in [5, 5.41) is 9.71. The van der Waals surface area contributed by atoms with Crippen LogP contribution in [0.5, 0.6) is 0 Å². The highest BCUT2D eigenvalue weighted by atomic mass is 19.4. The van der Waals surface area contributed by atoms with Crippen molar-refractivity contribution in [3.63, 3.8) is 0 Å². The number of amides is 1. The molecule has 1 saturated heterocycles. The number of nitrogens with one attached hydrogen (secondary N) is 2. The van der Waals surface area contributed by atoms with E-state index < -0.39 is 11.9 Å². The van der Waals surface area contributed by atoms with Crippen molar-refractivity contribution in [2.24, 2.45) is 0 Å². The third kappa shape index (κ3) is 3.76. The van der Waals surface area contributed by atoms with Gasteiger partial charge in [0.25, 0.3) is 0 Å². The average molecular weight is 338 g/mol. The molecule has 2 heterocycles. The molecule has 1 amide bonds. The second-order valence-electron chi connectivity index (χ2n) is 5.72. The lowest BCUT2D eigenvalue weighted by molar-refractivity contribution is -0.142. The molecule has 0 radical (unpaired) electrons. The van der Waals surface area contributed by atoms with Gasteiger partial charge in [-0.2, -0.15) is 18.3 Å². The van der Waals surface area contributed by atoms with Crippen LogP contribution in [0.1, 0.15) is 25.0 Å². The molecule has 1 aromatic heterocycles. The molecule has 1 aliphatic heterocycles. The lowest BCUT2D eigenvalue weighted by Gasteiger charge is -2.12. The Morgan fingerprint density at radius 3 is 2.67 bits per heavy atom. The fraction of sp³-hybridized carbons (Fsp3) is 0.375. The van der Waals surface area contributed by atoms with Crippen LogP contribution >= 0.6 is 0 Å². The van der Waals surface area contributed by atoms with E-state index in [0.29, 0.717) is 12.1 Å². The van der Waals surface area contributed by atoms with Crippen molar-refractivity contribution in [2.45, 2.75) is 31.5 Å². The van der Waals surface area contributed by atoms with Crippen molar-refractivity contribution in [1.29, 1.82) is 0 Å². The molecule has 5 nitrogen and oxygen atoms in total. The molecule has 1 aliphatic rings. The molecule has 1 aromatic carbocycles. The van der Waals surface area contributed by atoms with Crippen LogP contribution in [-0.2, 0) is 11.0 Å². The summed E-state index contributed by atoms with van der Waals surface area (Å²) >= 11 is 0. The van der Waals surface area contributed by atoms with Crippen LogP contribution in [0, 0.1) is 0 Å². The number of alkyl halides is 3. The molecule has 0 bridgehead atoms. The predicted octanol–water partition coefficient (Wildman–Crippen LogP) is 2.97. The van der Waals surface area contributed by atoms with Crippen LogP contribution in [0.3, 0.4) is 0 Å². The van der Waals surface area contributed by atoms with Crippen molar-refractivity contribution in [2.75, 3.05) is 11.9 Å². The molecule has 1 atom stereocenters. The molecule has 2 aromatic rings. The minimum atomic E-state index is -4.47. The van der Waals surface area contributed by atoms with Gasteiger partial charge in [-0.25, -0.2) is 4.68 Å². The average Bonchev–Trinajstić information content (AvgIpc) is 3.18.